The monoisotopic (exact) mass is 264 g/mol. The van der Waals surface area contributed by atoms with Crippen molar-refractivity contribution >= 4 is 26.5 Å². The maximum absolute atomic E-state index is 4.26. The van der Waals surface area contributed by atoms with Crippen LogP contribution in [0.4, 0.5) is 0 Å². The van der Waals surface area contributed by atoms with E-state index in [1.165, 1.54) is 0 Å². The molecule has 0 saturated heterocycles. The predicted molar refractivity (Wildman–Crippen MR) is 55.8 cm³/mol. The topological polar surface area (TPSA) is 0 Å². The van der Waals surface area contributed by atoms with Crippen LogP contribution >= 0.6 is 0 Å². The van der Waals surface area contributed by atoms with Crippen LogP contribution in [0.3, 0.4) is 0 Å². The Balaban J connectivity index is 4.40. The van der Waals surface area contributed by atoms with Gasteiger partial charge in [0.1, 0.15) is 0 Å². The average Bonchev–Trinajstić information content (AvgIpc) is 1.59. The van der Waals surface area contributed by atoms with E-state index in [0.29, 0.717) is 0 Å². The molecule has 0 bridgehead atoms. The second-order valence-electron chi connectivity index (χ2n) is 4.98. The maximum atomic E-state index is 4.26. The summed E-state index contributed by atoms with van der Waals surface area (Å²) in [5, 5.41) is 0. The van der Waals surface area contributed by atoms with Crippen molar-refractivity contribution in [1.82, 2.24) is 0 Å². The fourth-order valence-electron chi connectivity index (χ4n) is 1.12. The molecular weight excluding hydrogens is 241 g/mol. The molecule has 0 saturated carbocycles. The summed E-state index contributed by atoms with van der Waals surface area (Å²) in [5.41, 5.74) is 0. The van der Waals surface area contributed by atoms with E-state index >= 15 is 0 Å². The van der Waals surface area contributed by atoms with Gasteiger partial charge in [-0.3, -0.25) is 0 Å². The van der Waals surface area contributed by atoms with E-state index in [1.54, 1.807) is 3.24 Å². The van der Waals surface area contributed by atoms with Crippen LogP contribution in [0.1, 0.15) is 0 Å². The zero-order valence-electron chi connectivity index (χ0n) is 8.21. The molecule has 0 amide bonds. The van der Waals surface area contributed by atoms with Gasteiger partial charge in [-0.2, -0.15) is 0 Å². The first-order valence-corrected chi connectivity index (χ1v) is 18.5. The third-order valence-corrected chi connectivity index (χ3v) is 25.8. The van der Waals surface area contributed by atoms with Gasteiger partial charge in [0.25, 0.3) is 0 Å². The molecule has 60 valence electrons. The Morgan fingerprint density at radius 3 is 1.00 bits per heavy atom. The first-order valence-electron chi connectivity index (χ1n) is 3.85. The van der Waals surface area contributed by atoms with Crippen molar-refractivity contribution in [2.24, 2.45) is 0 Å². The fourth-order valence-corrected chi connectivity index (χ4v) is 30.4. The van der Waals surface area contributed by atoms with Crippen molar-refractivity contribution in [1.29, 1.82) is 0 Å². The standard InChI is InChI=1S/C8H20Ge2/c1-8(9(2,3)4)10(5,6)7/h1H2,2-7H3. The van der Waals surface area contributed by atoms with E-state index in [9.17, 15) is 0 Å². The van der Waals surface area contributed by atoms with Crippen molar-refractivity contribution in [2.45, 2.75) is 34.5 Å². The summed E-state index contributed by atoms with van der Waals surface area (Å²) in [4.78, 5) is 0. The van der Waals surface area contributed by atoms with E-state index in [-0.39, 0.29) is 0 Å². The van der Waals surface area contributed by atoms with Gasteiger partial charge in [0.15, 0.2) is 0 Å². The molecule has 10 heavy (non-hydrogen) atoms. The van der Waals surface area contributed by atoms with Gasteiger partial charge in [-0.15, -0.1) is 0 Å². The molecule has 0 nitrogen and oxygen atoms in total. The van der Waals surface area contributed by atoms with Gasteiger partial charge in [-0.05, 0) is 0 Å². The molecule has 0 heterocycles. The van der Waals surface area contributed by atoms with E-state index in [1.807, 2.05) is 0 Å². The van der Waals surface area contributed by atoms with Gasteiger partial charge in [0, 0.05) is 0 Å². The van der Waals surface area contributed by atoms with Gasteiger partial charge in [-0.25, -0.2) is 0 Å². The van der Waals surface area contributed by atoms with Crippen LogP contribution in [-0.4, -0.2) is 26.5 Å². The van der Waals surface area contributed by atoms with Crippen LogP contribution in [0.5, 0.6) is 0 Å². The van der Waals surface area contributed by atoms with Crippen molar-refractivity contribution in [3.8, 4) is 0 Å². The molecule has 0 rings (SSSR count). The van der Waals surface area contributed by atoms with E-state index in [4.69, 9.17) is 0 Å². The van der Waals surface area contributed by atoms with Crippen LogP contribution in [0, 0.1) is 0 Å². The summed E-state index contributed by atoms with van der Waals surface area (Å²) < 4.78 is 1.69. The third kappa shape index (κ3) is 3.29. The third-order valence-electron chi connectivity index (χ3n) is 1.81. The molecule has 0 aliphatic carbocycles. The molecule has 0 aromatic rings. The number of hydrogen-bond acceptors (Lipinski definition) is 0. The molecule has 0 aliphatic heterocycles. The molecule has 0 radical (unpaired) electrons. The molecule has 0 aliphatic rings. The minimum absolute atomic E-state index is 1.48. The van der Waals surface area contributed by atoms with Crippen molar-refractivity contribution in [3.63, 3.8) is 0 Å². The minimum atomic E-state index is -1.48. The second-order valence-corrected chi connectivity index (χ2v) is 28.6. The van der Waals surface area contributed by atoms with Crippen LogP contribution in [0.15, 0.2) is 9.82 Å². The van der Waals surface area contributed by atoms with E-state index in [2.05, 4.69) is 41.1 Å². The van der Waals surface area contributed by atoms with Gasteiger partial charge >= 0.3 is 70.9 Å². The molecule has 0 unspecified atom stereocenters. The first-order chi connectivity index (χ1) is 4.15. The molecule has 0 atom stereocenters. The summed E-state index contributed by atoms with van der Waals surface area (Å²) in [5.74, 6) is 14.7. The Morgan fingerprint density at radius 1 is 0.800 bits per heavy atom. The van der Waals surface area contributed by atoms with E-state index < -0.39 is 26.5 Å². The summed E-state index contributed by atoms with van der Waals surface area (Å²) in [6, 6.07) is 0. The van der Waals surface area contributed by atoms with Crippen molar-refractivity contribution in [2.75, 3.05) is 0 Å². The fraction of sp³-hybridized carbons (Fsp3) is 0.750. The summed E-state index contributed by atoms with van der Waals surface area (Å²) in [6.07, 6.45) is 0. The van der Waals surface area contributed by atoms with Crippen LogP contribution in [-0.2, 0) is 0 Å². The van der Waals surface area contributed by atoms with Crippen LogP contribution < -0.4 is 0 Å². The van der Waals surface area contributed by atoms with Crippen LogP contribution in [0.2, 0.25) is 34.5 Å². The SMILES string of the molecule is C=[C]([Ge]([CH3])([CH3])[CH3])[Ge]([CH3])([CH3])[CH3]. The number of rotatable bonds is 2. The summed E-state index contributed by atoms with van der Waals surface area (Å²) >= 11 is -2.95. The molecule has 2 heteroatoms. The zero-order valence-corrected chi connectivity index (χ0v) is 12.4. The average molecular weight is 261 g/mol. The van der Waals surface area contributed by atoms with Gasteiger partial charge in [0.05, 0.1) is 0 Å². The predicted octanol–water partition coefficient (Wildman–Crippen LogP) is 3.30. The Kier molecular flexibility index (Phi) is 3.31. The molecule has 0 fully saturated rings. The molecular formula is C8H20Ge2. The molecule has 0 aromatic heterocycles. The summed E-state index contributed by atoms with van der Waals surface area (Å²) in [6.45, 7) is 4.26. The molecule has 0 spiro atoms. The van der Waals surface area contributed by atoms with E-state index in [0.717, 1.165) is 0 Å². The van der Waals surface area contributed by atoms with Gasteiger partial charge in [0.2, 0.25) is 0 Å². The van der Waals surface area contributed by atoms with Gasteiger partial charge < -0.3 is 0 Å². The normalized spacial score (nSPS) is 13.4. The van der Waals surface area contributed by atoms with Gasteiger partial charge in [-0.1, -0.05) is 0 Å². The Labute approximate surface area is 70.8 Å². The quantitative estimate of drug-likeness (QED) is 0.669. The summed E-state index contributed by atoms with van der Waals surface area (Å²) in [7, 11) is 0. The second kappa shape index (κ2) is 3.06. The van der Waals surface area contributed by atoms with Crippen molar-refractivity contribution < 1.29 is 0 Å². The Bertz CT molecular complexity index is 118. The number of hydrogen-bond donors (Lipinski definition) is 0. The Hall–Kier alpha value is 0.826. The first kappa shape index (κ1) is 10.8. The molecule has 0 aromatic carbocycles. The van der Waals surface area contributed by atoms with Crippen molar-refractivity contribution in [3.05, 3.63) is 9.82 Å². The zero-order chi connectivity index (χ0) is 8.58. The molecule has 0 N–H and O–H groups in total. The Morgan fingerprint density at radius 2 is 1.00 bits per heavy atom. The van der Waals surface area contributed by atoms with Crippen LogP contribution in [0.25, 0.3) is 0 Å².